The van der Waals surface area contributed by atoms with Gasteiger partial charge in [-0.3, -0.25) is 0 Å². The standard InChI is InChI=1S/3C10H8O3S.Nd/c3*11-14(12,13)10-7-3-5-8-4-1-2-6-9(8)10;/h3*1-7H,(H,11,12,13);/q;;;+3/p-3. The molecule has 6 rings (SSSR count). The Kier molecular flexibility index (Phi) is 11.5. The monoisotopic (exact) mass is 763 g/mol. The van der Waals surface area contributed by atoms with Gasteiger partial charge in [0.15, 0.2) is 0 Å². The van der Waals surface area contributed by atoms with Gasteiger partial charge in [-0.25, -0.2) is 25.3 Å². The van der Waals surface area contributed by atoms with Gasteiger partial charge in [-0.1, -0.05) is 109 Å². The zero-order valence-corrected chi connectivity index (χ0v) is 27.7. The summed E-state index contributed by atoms with van der Waals surface area (Å²) in [7, 11) is -13.1. The first-order valence-corrected chi connectivity index (χ1v) is 16.3. The molecule has 0 aliphatic carbocycles. The first-order chi connectivity index (χ1) is 19.8. The average molecular weight is 766 g/mol. The second-order valence-electron chi connectivity index (χ2n) is 8.79. The van der Waals surface area contributed by atoms with Crippen molar-refractivity contribution < 1.29 is 79.8 Å². The summed E-state index contributed by atoms with van der Waals surface area (Å²) in [6, 6.07) is 34.6. The van der Waals surface area contributed by atoms with Gasteiger partial charge in [0.2, 0.25) is 0 Å². The number of benzene rings is 6. The second-order valence-corrected chi connectivity index (χ2v) is 12.8. The summed E-state index contributed by atoms with van der Waals surface area (Å²) < 4.78 is 98.0. The zero-order valence-electron chi connectivity index (χ0n) is 22.0. The van der Waals surface area contributed by atoms with E-state index in [4.69, 9.17) is 0 Å². The predicted octanol–water partition coefficient (Wildman–Crippen LogP) is 5.23. The molecule has 0 spiro atoms. The van der Waals surface area contributed by atoms with Crippen molar-refractivity contribution in [1.29, 1.82) is 0 Å². The van der Waals surface area contributed by atoms with E-state index in [1.54, 1.807) is 109 Å². The van der Waals surface area contributed by atoms with Gasteiger partial charge in [-0.05, 0) is 50.5 Å². The molecule has 0 aromatic heterocycles. The van der Waals surface area contributed by atoms with Crippen LogP contribution in [0.25, 0.3) is 32.3 Å². The Bertz CT molecular complexity index is 1960. The van der Waals surface area contributed by atoms with Gasteiger partial charge in [-0.15, -0.1) is 0 Å². The molecule has 0 heterocycles. The Morgan fingerprint density at radius 1 is 0.326 bits per heavy atom. The van der Waals surface area contributed by atoms with E-state index in [-0.39, 0.29) is 55.5 Å². The quantitative estimate of drug-likeness (QED) is 0.219. The van der Waals surface area contributed by atoms with Gasteiger partial charge < -0.3 is 13.7 Å². The maximum absolute atomic E-state index is 10.9. The number of hydrogen-bond acceptors (Lipinski definition) is 9. The fourth-order valence-electron chi connectivity index (χ4n) is 4.24. The Morgan fingerprint density at radius 3 is 0.767 bits per heavy atom. The SMILES string of the molecule is O=S(=O)([O-])c1cccc2ccccc12.O=S(=O)([O-])c1cccc2ccccc12.O=S(=O)([O-])c1cccc2ccccc12.[Nd+3]. The van der Waals surface area contributed by atoms with E-state index in [1.807, 2.05) is 0 Å². The molecule has 43 heavy (non-hydrogen) atoms. The Balaban J connectivity index is 0.000000175. The Labute approximate surface area is 282 Å². The van der Waals surface area contributed by atoms with E-state index < -0.39 is 30.4 Å². The zero-order chi connectivity index (χ0) is 30.5. The van der Waals surface area contributed by atoms with Crippen LogP contribution in [-0.2, 0) is 30.4 Å². The maximum atomic E-state index is 10.9. The van der Waals surface area contributed by atoms with Crippen LogP contribution in [0.15, 0.2) is 142 Å². The molecule has 217 valence electrons. The van der Waals surface area contributed by atoms with Crippen LogP contribution in [-0.4, -0.2) is 38.9 Å². The van der Waals surface area contributed by atoms with Crippen LogP contribution in [0, 0.1) is 40.8 Å². The molecule has 0 amide bonds. The van der Waals surface area contributed by atoms with Gasteiger partial charge in [0.25, 0.3) is 0 Å². The molecule has 1 radical (unpaired) electrons. The third-order valence-electron chi connectivity index (χ3n) is 6.06. The third kappa shape index (κ3) is 8.86. The normalized spacial score (nSPS) is 11.5. The summed E-state index contributed by atoms with van der Waals surface area (Å²) in [5, 5.41) is 3.69. The van der Waals surface area contributed by atoms with Gasteiger partial charge in [0.1, 0.15) is 30.4 Å². The van der Waals surface area contributed by atoms with Crippen LogP contribution in [0.5, 0.6) is 0 Å². The maximum Gasteiger partial charge on any atom is 3.00 e. The summed E-state index contributed by atoms with van der Waals surface area (Å²) in [4.78, 5) is -0.471. The number of hydrogen-bond donors (Lipinski definition) is 0. The second kappa shape index (κ2) is 14.3. The summed E-state index contributed by atoms with van der Waals surface area (Å²) in [5.41, 5.74) is 0. The molecule has 0 saturated carbocycles. The number of rotatable bonds is 3. The van der Waals surface area contributed by atoms with E-state index in [0.717, 1.165) is 16.2 Å². The van der Waals surface area contributed by atoms with Crippen LogP contribution >= 0.6 is 0 Å². The Hall–Kier alpha value is -2.82. The minimum absolute atomic E-state index is 0. The first-order valence-electron chi connectivity index (χ1n) is 12.1. The van der Waals surface area contributed by atoms with E-state index in [1.165, 1.54) is 18.2 Å². The summed E-state index contributed by atoms with van der Waals surface area (Å²) in [6.45, 7) is 0. The molecule has 0 bridgehead atoms. The van der Waals surface area contributed by atoms with E-state index in [2.05, 4.69) is 0 Å². The molecule has 6 aromatic rings. The largest absolute Gasteiger partial charge is 3.00 e. The molecule has 6 aromatic carbocycles. The molecule has 0 N–H and O–H groups in total. The van der Waals surface area contributed by atoms with E-state index >= 15 is 0 Å². The van der Waals surface area contributed by atoms with Crippen molar-refractivity contribution in [3.05, 3.63) is 127 Å². The number of fused-ring (bicyclic) bond motifs is 3. The van der Waals surface area contributed by atoms with Crippen molar-refractivity contribution in [3.8, 4) is 0 Å². The molecule has 0 saturated heterocycles. The topological polar surface area (TPSA) is 172 Å². The molecule has 13 heteroatoms. The fourth-order valence-corrected chi connectivity index (χ4v) is 6.34. The van der Waals surface area contributed by atoms with Crippen molar-refractivity contribution in [3.63, 3.8) is 0 Å². The minimum atomic E-state index is -4.38. The molecular weight excluding hydrogens is 745 g/mol. The third-order valence-corrected chi connectivity index (χ3v) is 8.74. The average Bonchev–Trinajstić information content (AvgIpc) is 2.95. The van der Waals surface area contributed by atoms with Crippen LogP contribution in [0.1, 0.15) is 0 Å². The molecular formula is C30H21NdO9S3. The predicted molar refractivity (Wildman–Crippen MR) is 156 cm³/mol. The van der Waals surface area contributed by atoms with Crippen LogP contribution in [0.2, 0.25) is 0 Å². The molecule has 9 nitrogen and oxygen atoms in total. The summed E-state index contributed by atoms with van der Waals surface area (Å²) >= 11 is 0. The molecule has 0 atom stereocenters. The van der Waals surface area contributed by atoms with Gasteiger partial charge in [-0.2, -0.15) is 0 Å². The molecule has 0 unspecified atom stereocenters. The van der Waals surface area contributed by atoms with Crippen molar-refractivity contribution in [2.45, 2.75) is 14.7 Å². The Morgan fingerprint density at radius 2 is 0.535 bits per heavy atom. The van der Waals surface area contributed by atoms with Crippen molar-refractivity contribution in [2.75, 3.05) is 0 Å². The first kappa shape index (κ1) is 34.7. The fraction of sp³-hybridized carbons (Fsp3) is 0. The van der Waals surface area contributed by atoms with Gasteiger partial charge >= 0.3 is 40.8 Å². The van der Waals surface area contributed by atoms with Crippen LogP contribution in [0.3, 0.4) is 0 Å². The molecule has 0 fully saturated rings. The van der Waals surface area contributed by atoms with Gasteiger partial charge in [0.05, 0.1) is 14.7 Å². The smallest absolute Gasteiger partial charge is 0.744 e. The van der Waals surface area contributed by atoms with Crippen molar-refractivity contribution in [2.24, 2.45) is 0 Å². The van der Waals surface area contributed by atoms with E-state index in [0.29, 0.717) is 16.2 Å². The van der Waals surface area contributed by atoms with Gasteiger partial charge in [0, 0.05) is 0 Å². The summed E-state index contributed by atoms with van der Waals surface area (Å²) in [5.74, 6) is 0. The minimum Gasteiger partial charge on any atom is -0.744 e. The summed E-state index contributed by atoms with van der Waals surface area (Å²) in [6.07, 6.45) is 0. The van der Waals surface area contributed by atoms with Crippen molar-refractivity contribution in [1.82, 2.24) is 0 Å². The molecule has 0 aliphatic rings. The van der Waals surface area contributed by atoms with Crippen LogP contribution < -0.4 is 0 Å². The van der Waals surface area contributed by atoms with Crippen molar-refractivity contribution >= 4 is 62.7 Å². The van der Waals surface area contributed by atoms with Crippen LogP contribution in [0.4, 0.5) is 0 Å². The van der Waals surface area contributed by atoms with E-state index in [9.17, 15) is 38.9 Å². The molecule has 0 aliphatic heterocycles.